The summed E-state index contributed by atoms with van der Waals surface area (Å²) in [6, 6.07) is 17.0. The Morgan fingerprint density at radius 2 is 1.90 bits per heavy atom. The predicted molar refractivity (Wildman–Crippen MR) is 121 cm³/mol. The van der Waals surface area contributed by atoms with E-state index in [-0.39, 0.29) is 12.3 Å². The summed E-state index contributed by atoms with van der Waals surface area (Å²) in [6.07, 6.45) is -1.14. The molecule has 1 aliphatic heterocycles. The van der Waals surface area contributed by atoms with E-state index in [0.717, 1.165) is 21.8 Å². The Labute approximate surface area is 187 Å². The van der Waals surface area contributed by atoms with Crippen LogP contribution in [0.15, 0.2) is 64.9 Å². The number of rotatable bonds is 6. The summed E-state index contributed by atoms with van der Waals surface area (Å²) in [4.78, 5) is 42.3. The zero-order valence-electron chi connectivity index (χ0n) is 16.5. The van der Waals surface area contributed by atoms with E-state index in [9.17, 15) is 14.4 Å². The van der Waals surface area contributed by atoms with Gasteiger partial charge < -0.3 is 10.1 Å². The molecule has 158 valence electrons. The second kappa shape index (κ2) is 9.32. The van der Waals surface area contributed by atoms with Gasteiger partial charge in [0.2, 0.25) is 5.91 Å². The minimum Gasteiger partial charge on any atom is -0.452 e. The topological polar surface area (TPSA) is 97.4 Å². The lowest BCUT2D eigenvalue weighted by Crippen LogP contribution is -2.34. The van der Waals surface area contributed by atoms with E-state index < -0.39 is 23.2 Å². The summed E-state index contributed by atoms with van der Waals surface area (Å²) in [5.41, 5.74) is 2.43. The molecule has 0 saturated carbocycles. The number of esters is 1. The molecule has 1 aliphatic rings. The Morgan fingerprint density at radius 1 is 1.16 bits per heavy atom. The van der Waals surface area contributed by atoms with Gasteiger partial charge >= 0.3 is 5.97 Å². The summed E-state index contributed by atoms with van der Waals surface area (Å²) < 4.78 is 5.25. The third kappa shape index (κ3) is 5.12. The van der Waals surface area contributed by atoms with Gasteiger partial charge in [-0.2, -0.15) is 0 Å². The van der Waals surface area contributed by atoms with Gasteiger partial charge in [-0.1, -0.05) is 42.5 Å². The first-order chi connectivity index (χ1) is 15.0. The molecule has 2 N–H and O–H groups in total. The van der Waals surface area contributed by atoms with Crippen molar-refractivity contribution in [3.8, 4) is 11.3 Å². The summed E-state index contributed by atoms with van der Waals surface area (Å²) in [6.45, 7) is 1.49. The number of aromatic nitrogens is 1. The van der Waals surface area contributed by atoms with Gasteiger partial charge in [0.05, 0.1) is 23.1 Å². The highest BCUT2D eigenvalue weighted by Gasteiger charge is 2.30. The molecule has 2 heterocycles. The van der Waals surface area contributed by atoms with Crippen LogP contribution in [0.2, 0.25) is 0 Å². The maximum absolute atomic E-state index is 12.4. The molecule has 0 fully saturated rings. The molecule has 0 spiro atoms. The summed E-state index contributed by atoms with van der Waals surface area (Å²) in [7, 11) is 0. The Balaban J connectivity index is 1.30. The largest absolute Gasteiger partial charge is 0.452 e. The van der Waals surface area contributed by atoms with Gasteiger partial charge in [-0.3, -0.25) is 19.7 Å². The molecule has 2 aromatic carbocycles. The number of para-hydroxylation sites is 1. The maximum Gasteiger partial charge on any atom is 0.308 e. The first-order valence-electron chi connectivity index (χ1n) is 9.57. The number of thiazole rings is 1. The fraction of sp³-hybridized carbons (Fsp3) is 0.182. The van der Waals surface area contributed by atoms with Gasteiger partial charge in [-0.15, -0.1) is 23.1 Å². The fourth-order valence-electron chi connectivity index (χ4n) is 2.96. The van der Waals surface area contributed by atoms with Gasteiger partial charge in [0.1, 0.15) is 0 Å². The van der Waals surface area contributed by atoms with Crippen molar-refractivity contribution in [2.24, 2.45) is 0 Å². The van der Waals surface area contributed by atoms with Crippen LogP contribution in [0, 0.1) is 0 Å². The summed E-state index contributed by atoms with van der Waals surface area (Å²) in [5.74, 6) is -1.35. The number of thioether (sulfide) groups is 1. The van der Waals surface area contributed by atoms with Crippen molar-refractivity contribution in [2.75, 3.05) is 10.6 Å². The van der Waals surface area contributed by atoms with Gasteiger partial charge in [0.15, 0.2) is 11.2 Å². The van der Waals surface area contributed by atoms with Crippen molar-refractivity contribution in [2.45, 2.75) is 29.6 Å². The monoisotopic (exact) mass is 453 g/mol. The van der Waals surface area contributed by atoms with Crippen LogP contribution in [0.25, 0.3) is 11.3 Å². The standard InChI is InChI=1S/C22H19N3O4S2/c1-13(20(27)25-22-24-16(12-30-22)14-7-3-2-4-8-14)29-19(26)11-18-21(28)23-15-9-5-6-10-17(15)31-18/h2-10,12-13,18H,11H2,1H3,(H,23,28)(H,24,25,27)/t13-,18-/m1/s1. The first kappa shape index (κ1) is 21.1. The molecule has 0 radical (unpaired) electrons. The van der Waals surface area contributed by atoms with Crippen molar-refractivity contribution >= 4 is 51.7 Å². The van der Waals surface area contributed by atoms with E-state index >= 15 is 0 Å². The van der Waals surface area contributed by atoms with E-state index in [1.807, 2.05) is 60.0 Å². The van der Waals surface area contributed by atoms with E-state index in [1.54, 1.807) is 0 Å². The number of carbonyl (C=O) groups is 3. The molecule has 31 heavy (non-hydrogen) atoms. The number of fused-ring (bicyclic) bond motifs is 1. The quantitative estimate of drug-likeness (QED) is 0.544. The van der Waals surface area contributed by atoms with Gasteiger partial charge in [0.25, 0.3) is 5.91 Å². The molecule has 0 saturated heterocycles. The van der Waals surface area contributed by atoms with Gasteiger partial charge in [-0.05, 0) is 19.1 Å². The van der Waals surface area contributed by atoms with Crippen molar-refractivity contribution in [1.82, 2.24) is 4.98 Å². The lowest BCUT2D eigenvalue weighted by molar-refractivity contribution is -0.153. The van der Waals surface area contributed by atoms with Crippen LogP contribution in [0.3, 0.4) is 0 Å². The summed E-state index contributed by atoms with van der Waals surface area (Å²) in [5, 5.41) is 7.12. The number of amides is 2. The molecule has 1 aromatic heterocycles. The van der Waals surface area contributed by atoms with Gasteiger partial charge in [-0.25, -0.2) is 4.98 Å². The van der Waals surface area contributed by atoms with Crippen molar-refractivity contribution in [3.63, 3.8) is 0 Å². The summed E-state index contributed by atoms with van der Waals surface area (Å²) >= 11 is 2.60. The van der Waals surface area contributed by atoms with Crippen LogP contribution in [-0.4, -0.2) is 34.1 Å². The molecule has 2 atom stereocenters. The average molecular weight is 454 g/mol. The Bertz CT molecular complexity index is 1120. The third-order valence-corrected chi connectivity index (χ3v) is 6.57. The smallest absolute Gasteiger partial charge is 0.308 e. The number of ether oxygens (including phenoxy) is 1. The number of hydrogen-bond donors (Lipinski definition) is 2. The number of carbonyl (C=O) groups excluding carboxylic acids is 3. The Morgan fingerprint density at radius 3 is 2.71 bits per heavy atom. The molecule has 4 rings (SSSR count). The van der Waals surface area contributed by atoms with Crippen LogP contribution in [-0.2, 0) is 19.1 Å². The van der Waals surface area contributed by atoms with Crippen LogP contribution >= 0.6 is 23.1 Å². The Kier molecular flexibility index (Phi) is 6.34. The number of hydrogen-bond acceptors (Lipinski definition) is 7. The van der Waals surface area contributed by atoms with E-state index in [2.05, 4.69) is 15.6 Å². The zero-order valence-corrected chi connectivity index (χ0v) is 18.2. The van der Waals surface area contributed by atoms with Crippen LogP contribution in [0.1, 0.15) is 13.3 Å². The SMILES string of the molecule is C[C@@H](OC(=O)C[C@H]1Sc2ccccc2NC1=O)C(=O)Nc1nc(-c2ccccc2)cs1. The minimum atomic E-state index is -1.01. The molecule has 0 unspecified atom stereocenters. The zero-order chi connectivity index (χ0) is 21.8. The number of nitrogens with one attached hydrogen (secondary N) is 2. The van der Waals surface area contributed by atoms with Crippen LogP contribution in [0.5, 0.6) is 0 Å². The molecule has 9 heteroatoms. The molecule has 7 nitrogen and oxygen atoms in total. The second-order valence-electron chi connectivity index (χ2n) is 6.82. The number of anilines is 2. The molecule has 3 aromatic rings. The van der Waals surface area contributed by atoms with Crippen molar-refractivity contribution in [3.05, 3.63) is 60.0 Å². The van der Waals surface area contributed by atoms with Crippen LogP contribution in [0.4, 0.5) is 10.8 Å². The highest BCUT2D eigenvalue weighted by Crippen LogP contribution is 2.36. The van der Waals surface area contributed by atoms with Crippen LogP contribution < -0.4 is 10.6 Å². The highest BCUT2D eigenvalue weighted by atomic mass is 32.2. The van der Waals surface area contributed by atoms with E-state index in [1.165, 1.54) is 30.0 Å². The third-order valence-electron chi connectivity index (χ3n) is 4.54. The predicted octanol–water partition coefficient (Wildman–Crippen LogP) is 4.18. The fourth-order valence-corrected chi connectivity index (χ4v) is 4.77. The lowest BCUT2D eigenvalue weighted by Gasteiger charge is -2.23. The normalized spacial score (nSPS) is 16.0. The Hall–Kier alpha value is -3.17. The molecular weight excluding hydrogens is 434 g/mol. The molecular formula is C22H19N3O4S2. The van der Waals surface area contributed by atoms with E-state index in [0.29, 0.717) is 5.13 Å². The molecule has 0 aliphatic carbocycles. The maximum atomic E-state index is 12.4. The van der Waals surface area contributed by atoms with Gasteiger partial charge in [0, 0.05) is 15.8 Å². The average Bonchev–Trinajstić information content (AvgIpc) is 3.23. The minimum absolute atomic E-state index is 0.127. The lowest BCUT2D eigenvalue weighted by atomic mass is 10.2. The highest BCUT2D eigenvalue weighted by molar-refractivity contribution is 8.01. The molecule has 2 amide bonds. The van der Waals surface area contributed by atoms with Crippen molar-refractivity contribution in [1.29, 1.82) is 0 Å². The number of benzene rings is 2. The van der Waals surface area contributed by atoms with Crippen molar-refractivity contribution < 1.29 is 19.1 Å². The second-order valence-corrected chi connectivity index (χ2v) is 8.92. The van der Waals surface area contributed by atoms with E-state index in [4.69, 9.17) is 4.74 Å². The first-order valence-corrected chi connectivity index (χ1v) is 11.3. The molecule has 0 bridgehead atoms. The number of nitrogens with zero attached hydrogens (tertiary/aromatic N) is 1.